The Morgan fingerprint density at radius 2 is 1.86 bits per heavy atom. The van der Waals surface area contributed by atoms with E-state index in [1.54, 1.807) is 16.8 Å². The minimum absolute atomic E-state index is 0. The summed E-state index contributed by atoms with van der Waals surface area (Å²) in [4.78, 5) is 12.9. The van der Waals surface area contributed by atoms with Crippen LogP contribution in [0.5, 0.6) is 0 Å². The Kier molecular flexibility index (Phi) is 7.55. The number of carbonyl (C=O) groups excluding carboxylic acids is 1. The van der Waals surface area contributed by atoms with Gasteiger partial charge in [-0.05, 0) is 38.0 Å². The summed E-state index contributed by atoms with van der Waals surface area (Å²) in [7, 11) is 0. The predicted octanol–water partition coefficient (Wildman–Crippen LogP) is 5.62. The normalized spacial score (nSPS) is 13.9. The van der Waals surface area contributed by atoms with Crippen LogP contribution in [0.15, 0.2) is 42.5 Å². The van der Waals surface area contributed by atoms with Crippen LogP contribution in [0.1, 0.15) is 41.7 Å². The smallest absolute Gasteiger partial charge is 0.272 e. The van der Waals surface area contributed by atoms with Crippen LogP contribution in [0, 0.1) is 13.0 Å². The molecule has 29 heavy (non-hydrogen) atoms. The summed E-state index contributed by atoms with van der Waals surface area (Å²) < 4.78 is 1.73. The van der Waals surface area contributed by atoms with E-state index in [1.807, 2.05) is 37.3 Å². The average Bonchev–Trinajstić information content (AvgIpc) is 3.30. The van der Waals surface area contributed by atoms with Gasteiger partial charge in [0.15, 0.2) is 5.69 Å². The third-order valence-corrected chi connectivity index (χ3v) is 5.70. The van der Waals surface area contributed by atoms with Crippen molar-refractivity contribution in [1.29, 1.82) is 0 Å². The number of halogens is 2. The zero-order valence-electron chi connectivity index (χ0n) is 16.1. The second kappa shape index (κ2) is 9.74. The van der Waals surface area contributed by atoms with Gasteiger partial charge in [0.05, 0.1) is 16.4 Å². The Bertz CT molecular complexity index is 1010. The molecule has 3 aromatic rings. The van der Waals surface area contributed by atoms with Crippen LogP contribution in [0.3, 0.4) is 0 Å². The number of rotatable bonds is 4. The minimum Gasteiger partial charge on any atom is -0.348 e. The van der Waals surface area contributed by atoms with Gasteiger partial charge in [0.25, 0.3) is 5.91 Å². The summed E-state index contributed by atoms with van der Waals surface area (Å²) in [6, 6.07) is 16.1. The van der Waals surface area contributed by atoms with Crippen molar-refractivity contribution in [2.75, 3.05) is 0 Å². The molecule has 1 saturated carbocycles. The number of aromatic nitrogens is 2. The zero-order chi connectivity index (χ0) is 19.7. The van der Waals surface area contributed by atoms with Crippen molar-refractivity contribution < 1.29 is 37.5 Å². The summed E-state index contributed by atoms with van der Waals surface area (Å²) in [6.07, 6.45) is 4.36. The molecule has 0 unspecified atom stereocenters. The molecule has 4 nitrogen and oxygen atoms in total. The molecule has 1 heterocycles. The maximum Gasteiger partial charge on any atom is 0.272 e. The molecule has 1 N–H and O–H groups in total. The van der Waals surface area contributed by atoms with Crippen molar-refractivity contribution in [3.8, 4) is 16.9 Å². The number of nitrogens with one attached hydrogen (secondary N) is 1. The Hall–Kier alpha value is -1.20. The standard InChI is InChI=1S/C22H20Cl2N3O.Y/c1-14-20(22(28)25-17-9-5-6-10-17)26-27(19-12-11-16(23)13-18(19)24)21(14)15-7-3-2-4-8-15;/h3-4,7-8,11-13,17H,5-6,9-10H2,1H3,(H,25,28);/q-1;. The quantitative estimate of drug-likeness (QED) is 0.471. The van der Waals surface area contributed by atoms with E-state index in [1.165, 1.54) is 0 Å². The van der Waals surface area contributed by atoms with E-state index in [2.05, 4.69) is 16.5 Å². The molecule has 1 aromatic heterocycles. The molecule has 0 atom stereocenters. The van der Waals surface area contributed by atoms with Crippen LogP contribution in [-0.4, -0.2) is 21.7 Å². The maximum absolute atomic E-state index is 12.9. The second-order valence-electron chi connectivity index (χ2n) is 7.07. The van der Waals surface area contributed by atoms with E-state index in [-0.39, 0.29) is 44.7 Å². The first kappa shape index (κ1) is 22.5. The van der Waals surface area contributed by atoms with Gasteiger partial charge < -0.3 is 5.32 Å². The van der Waals surface area contributed by atoms with E-state index in [4.69, 9.17) is 23.2 Å². The van der Waals surface area contributed by atoms with Gasteiger partial charge in [0.1, 0.15) is 0 Å². The number of hydrogen-bond acceptors (Lipinski definition) is 2. The zero-order valence-corrected chi connectivity index (χ0v) is 20.4. The number of benzene rings is 2. The Labute approximate surface area is 205 Å². The SMILES string of the molecule is Cc1c(C(=O)NC2CCCC2)nn(-c2ccc(Cl)cc2Cl)c1-c1cc[c-]cc1.[Y]. The van der Waals surface area contributed by atoms with E-state index in [9.17, 15) is 4.79 Å². The van der Waals surface area contributed by atoms with E-state index in [0.717, 1.165) is 42.5 Å². The molecule has 0 spiro atoms. The molecule has 7 heteroatoms. The van der Waals surface area contributed by atoms with Gasteiger partial charge in [-0.3, -0.25) is 4.79 Å². The van der Waals surface area contributed by atoms with Crippen molar-refractivity contribution in [3.05, 3.63) is 69.8 Å². The van der Waals surface area contributed by atoms with Gasteiger partial charge in [-0.2, -0.15) is 35.4 Å². The first-order chi connectivity index (χ1) is 13.5. The number of hydrogen-bond donors (Lipinski definition) is 1. The van der Waals surface area contributed by atoms with E-state index < -0.39 is 0 Å². The van der Waals surface area contributed by atoms with E-state index >= 15 is 0 Å². The molecule has 2 aromatic carbocycles. The van der Waals surface area contributed by atoms with Crippen molar-refractivity contribution in [2.45, 2.75) is 38.6 Å². The Balaban J connectivity index is 0.00000240. The van der Waals surface area contributed by atoms with Gasteiger partial charge in [-0.1, -0.05) is 36.0 Å². The summed E-state index contributed by atoms with van der Waals surface area (Å²) in [5.41, 5.74) is 3.68. The van der Waals surface area contributed by atoms with Crippen LogP contribution in [0.2, 0.25) is 10.0 Å². The Morgan fingerprint density at radius 3 is 2.52 bits per heavy atom. The second-order valence-corrected chi connectivity index (χ2v) is 7.92. The molecular formula is C22H20Cl2N3OY-. The van der Waals surface area contributed by atoms with Crippen LogP contribution < -0.4 is 5.32 Å². The van der Waals surface area contributed by atoms with Gasteiger partial charge in [-0.25, -0.2) is 4.68 Å². The van der Waals surface area contributed by atoms with Gasteiger partial charge in [0.2, 0.25) is 0 Å². The largest absolute Gasteiger partial charge is 0.348 e. The average molecular weight is 502 g/mol. The fourth-order valence-electron chi connectivity index (χ4n) is 3.75. The first-order valence-electron chi connectivity index (χ1n) is 9.37. The number of nitrogens with zero attached hydrogens (tertiary/aromatic N) is 2. The molecule has 0 saturated heterocycles. The summed E-state index contributed by atoms with van der Waals surface area (Å²) >= 11 is 12.5. The minimum atomic E-state index is -0.142. The monoisotopic (exact) mass is 501 g/mol. The van der Waals surface area contributed by atoms with Gasteiger partial charge >= 0.3 is 0 Å². The van der Waals surface area contributed by atoms with Crippen LogP contribution >= 0.6 is 23.2 Å². The van der Waals surface area contributed by atoms with Crippen LogP contribution in [0.4, 0.5) is 0 Å². The molecule has 0 bridgehead atoms. The molecule has 4 rings (SSSR count). The molecule has 147 valence electrons. The summed E-state index contributed by atoms with van der Waals surface area (Å²) in [5, 5.41) is 8.81. The summed E-state index contributed by atoms with van der Waals surface area (Å²) in [5.74, 6) is -0.142. The van der Waals surface area contributed by atoms with Crippen molar-refractivity contribution >= 4 is 29.1 Å². The first-order valence-corrected chi connectivity index (χ1v) is 10.1. The van der Waals surface area contributed by atoms with Crippen LogP contribution in [0.25, 0.3) is 16.9 Å². The molecule has 0 aliphatic heterocycles. The predicted molar refractivity (Wildman–Crippen MR) is 112 cm³/mol. The van der Waals surface area contributed by atoms with Crippen molar-refractivity contribution in [1.82, 2.24) is 15.1 Å². The van der Waals surface area contributed by atoms with Gasteiger partial charge in [-0.15, -0.1) is 5.56 Å². The maximum atomic E-state index is 12.9. The summed E-state index contributed by atoms with van der Waals surface area (Å²) in [6.45, 7) is 1.92. The molecule has 1 fully saturated rings. The number of carbonyl (C=O) groups is 1. The molecule has 1 aliphatic carbocycles. The van der Waals surface area contributed by atoms with Crippen LogP contribution in [-0.2, 0) is 32.7 Å². The third-order valence-electron chi connectivity index (χ3n) is 5.16. The topological polar surface area (TPSA) is 46.9 Å². The van der Waals surface area contributed by atoms with Crippen molar-refractivity contribution in [3.63, 3.8) is 0 Å². The van der Waals surface area contributed by atoms with Crippen molar-refractivity contribution in [2.24, 2.45) is 0 Å². The Morgan fingerprint density at radius 1 is 1.17 bits per heavy atom. The molecule has 1 amide bonds. The van der Waals surface area contributed by atoms with E-state index in [0.29, 0.717) is 21.4 Å². The number of amides is 1. The fraction of sp³-hybridized carbons (Fsp3) is 0.273. The van der Waals surface area contributed by atoms with Gasteiger partial charge in [0, 0.05) is 49.3 Å². The third kappa shape index (κ3) is 4.77. The fourth-order valence-corrected chi connectivity index (χ4v) is 4.24. The molecule has 1 aliphatic rings. The molecular weight excluding hydrogens is 482 g/mol. The molecule has 1 radical (unpaired) electrons.